The van der Waals surface area contributed by atoms with Gasteiger partial charge in [0.1, 0.15) is 5.75 Å². The van der Waals surface area contributed by atoms with Crippen LogP contribution in [0.25, 0.3) is 11.3 Å². The van der Waals surface area contributed by atoms with Gasteiger partial charge in [0.15, 0.2) is 11.7 Å². The summed E-state index contributed by atoms with van der Waals surface area (Å²) in [5.74, 6) is 0.289. The third kappa shape index (κ3) is 4.89. The van der Waals surface area contributed by atoms with Gasteiger partial charge in [0.2, 0.25) is 0 Å². The number of nitro benzene ring substituents is 1. The number of halogens is 1. The van der Waals surface area contributed by atoms with Gasteiger partial charge in [0, 0.05) is 27.5 Å². The predicted octanol–water partition coefficient (Wildman–Crippen LogP) is 4.81. The number of benzene rings is 2. The molecule has 1 amide bonds. The van der Waals surface area contributed by atoms with Gasteiger partial charge < -0.3 is 4.74 Å². The van der Waals surface area contributed by atoms with Gasteiger partial charge in [-0.15, -0.1) is 11.3 Å². The summed E-state index contributed by atoms with van der Waals surface area (Å²) in [5, 5.41) is 15.6. The summed E-state index contributed by atoms with van der Waals surface area (Å²) in [6.07, 6.45) is 0. The minimum absolute atomic E-state index is 0.0165. The van der Waals surface area contributed by atoms with Crippen molar-refractivity contribution < 1.29 is 14.5 Å². The van der Waals surface area contributed by atoms with Gasteiger partial charge >= 0.3 is 0 Å². The molecule has 27 heavy (non-hydrogen) atoms. The second-order valence-electron chi connectivity index (χ2n) is 5.59. The molecule has 3 aromatic rings. The Morgan fingerprint density at radius 1 is 1.30 bits per heavy atom. The minimum Gasteiger partial charge on any atom is -0.484 e. The van der Waals surface area contributed by atoms with Crippen molar-refractivity contribution in [1.29, 1.82) is 0 Å². The number of carbonyl (C=O) groups is 1. The number of nitro groups is 1. The number of ether oxygens (including phenoxy) is 1. The number of aromatic nitrogens is 1. The molecule has 1 aromatic heterocycles. The van der Waals surface area contributed by atoms with Crippen molar-refractivity contribution in [2.24, 2.45) is 0 Å². The summed E-state index contributed by atoms with van der Waals surface area (Å²) >= 11 is 4.68. The highest BCUT2D eigenvalue weighted by molar-refractivity contribution is 9.10. The lowest BCUT2D eigenvalue weighted by molar-refractivity contribution is -0.384. The Kier molecular flexibility index (Phi) is 5.82. The fourth-order valence-corrected chi connectivity index (χ4v) is 3.21. The van der Waals surface area contributed by atoms with E-state index in [1.165, 1.54) is 23.5 Å². The Hall–Kier alpha value is -2.78. The standard InChI is InChI=1S/C18H14BrN3O4S/c1-11-8-14(6-7-15(11)19)26-9-17(23)21-18-20-16(10-27-18)12-2-4-13(5-3-12)22(24)25/h2-8,10H,9H2,1H3,(H,20,21,23). The summed E-state index contributed by atoms with van der Waals surface area (Å²) in [7, 11) is 0. The molecule has 0 fully saturated rings. The van der Waals surface area contributed by atoms with Crippen LogP contribution in [0, 0.1) is 17.0 Å². The average Bonchev–Trinajstić information content (AvgIpc) is 3.11. The molecule has 3 rings (SSSR count). The number of aryl methyl sites for hydroxylation is 1. The van der Waals surface area contributed by atoms with Crippen molar-refractivity contribution in [2.75, 3.05) is 11.9 Å². The number of non-ortho nitro benzene ring substituents is 1. The molecule has 0 bridgehead atoms. The quantitative estimate of drug-likeness (QED) is 0.432. The van der Waals surface area contributed by atoms with Crippen molar-refractivity contribution in [3.05, 3.63) is 68.0 Å². The average molecular weight is 448 g/mol. The van der Waals surface area contributed by atoms with Crippen LogP contribution in [0.3, 0.4) is 0 Å². The third-order valence-electron chi connectivity index (χ3n) is 3.62. The Morgan fingerprint density at radius 2 is 2.04 bits per heavy atom. The summed E-state index contributed by atoms with van der Waals surface area (Å²) in [6, 6.07) is 11.6. The number of anilines is 1. The molecule has 9 heteroatoms. The molecule has 0 aliphatic carbocycles. The van der Waals surface area contributed by atoms with Crippen LogP contribution in [-0.2, 0) is 4.79 Å². The van der Waals surface area contributed by atoms with Gasteiger partial charge in [-0.25, -0.2) is 4.98 Å². The molecule has 0 atom stereocenters. The van der Waals surface area contributed by atoms with E-state index >= 15 is 0 Å². The number of nitrogens with one attached hydrogen (secondary N) is 1. The molecule has 138 valence electrons. The molecule has 0 aliphatic rings. The highest BCUT2D eigenvalue weighted by Gasteiger charge is 2.11. The highest BCUT2D eigenvalue weighted by atomic mass is 79.9. The molecule has 7 nitrogen and oxygen atoms in total. The first-order valence-electron chi connectivity index (χ1n) is 7.81. The summed E-state index contributed by atoms with van der Waals surface area (Å²) in [5.41, 5.74) is 2.40. The van der Waals surface area contributed by atoms with Crippen molar-refractivity contribution in [3.63, 3.8) is 0 Å². The van der Waals surface area contributed by atoms with E-state index in [9.17, 15) is 14.9 Å². The van der Waals surface area contributed by atoms with Crippen LogP contribution >= 0.6 is 27.3 Å². The van der Waals surface area contributed by atoms with Gasteiger partial charge in [-0.1, -0.05) is 15.9 Å². The second-order valence-corrected chi connectivity index (χ2v) is 7.30. The highest BCUT2D eigenvalue weighted by Crippen LogP contribution is 2.26. The fourth-order valence-electron chi connectivity index (χ4n) is 2.23. The summed E-state index contributed by atoms with van der Waals surface area (Å²) < 4.78 is 6.46. The number of carbonyl (C=O) groups excluding carboxylic acids is 1. The first kappa shape index (κ1) is 19.0. The SMILES string of the molecule is Cc1cc(OCC(=O)Nc2nc(-c3ccc([N+](=O)[O-])cc3)cs2)ccc1Br. The number of nitrogens with zero attached hydrogens (tertiary/aromatic N) is 2. The topological polar surface area (TPSA) is 94.4 Å². The van der Waals surface area contributed by atoms with Crippen molar-refractivity contribution >= 4 is 44.0 Å². The van der Waals surface area contributed by atoms with Gasteiger partial charge in [-0.2, -0.15) is 0 Å². The molecule has 0 radical (unpaired) electrons. The third-order valence-corrected chi connectivity index (χ3v) is 5.27. The maximum absolute atomic E-state index is 12.0. The minimum atomic E-state index is -0.455. The lowest BCUT2D eigenvalue weighted by Gasteiger charge is -2.07. The van der Waals surface area contributed by atoms with Crippen LogP contribution in [-0.4, -0.2) is 22.4 Å². The van der Waals surface area contributed by atoms with Crippen LogP contribution in [0.5, 0.6) is 5.75 Å². The zero-order chi connectivity index (χ0) is 19.4. The molecule has 1 N–H and O–H groups in total. The van der Waals surface area contributed by atoms with E-state index in [-0.39, 0.29) is 18.2 Å². The van der Waals surface area contributed by atoms with Crippen molar-refractivity contribution in [3.8, 4) is 17.0 Å². The maximum atomic E-state index is 12.0. The number of thiazole rings is 1. The predicted molar refractivity (Wildman–Crippen MR) is 107 cm³/mol. The molecular weight excluding hydrogens is 434 g/mol. The second kappa shape index (κ2) is 8.28. The first-order valence-corrected chi connectivity index (χ1v) is 9.49. The number of amides is 1. The Labute approximate surface area is 167 Å². The van der Waals surface area contributed by atoms with Crippen molar-refractivity contribution in [1.82, 2.24) is 4.98 Å². The fraction of sp³-hybridized carbons (Fsp3) is 0.111. The van der Waals surface area contributed by atoms with E-state index in [0.717, 1.165) is 15.6 Å². The van der Waals surface area contributed by atoms with Gasteiger partial charge in [-0.3, -0.25) is 20.2 Å². The number of hydrogen-bond acceptors (Lipinski definition) is 6. The van der Waals surface area contributed by atoms with E-state index in [0.29, 0.717) is 16.6 Å². The molecular formula is C18H14BrN3O4S. The smallest absolute Gasteiger partial charge is 0.269 e. The molecule has 0 aliphatic heterocycles. The molecule has 0 saturated carbocycles. The molecule has 2 aromatic carbocycles. The molecule has 1 heterocycles. The van der Waals surface area contributed by atoms with Crippen LogP contribution in [0.2, 0.25) is 0 Å². The molecule has 0 unspecified atom stereocenters. The molecule has 0 saturated heterocycles. The molecule has 0 spiro atoms. The van der Waals surface area contributed by atoms with Crippen LogP contribution < -0.4 is 10.1 Å². The van der Waals surface area contributed by atoms with E-state index in [1.807, 2.05) is 19.1 Å². The Morgan fingerprint density at radius 3 is 2.70 bits per heavy atom. The normalized spacial score (nSPS) is 10.4. The van der Waals surface area contributed by atoms with Gasteiger partial charge in [0.25, 0.3) is 11.6 Å². The monoisotopic (exact) mass is 447 g/mol. The largest absolute Gasteiger partial charge is 0.484 e. The van der Waals surface area contributed by atoms with E-state index in [2.05, 4.69) is 26.2 Å². The lowest BCUT2D eigenvalue weighted by atomic mass is 10.1. The van der Waals surface area contributed by atoms with E-state index in [4.69, 9.17) is 4.74 Å². The zero-order valence-corrected chi connectivity index (χ0v) is 16.5. The van der Waals surface area contributed by atoms with Crippen LogP contribution in [0.15, 0.2) is 52.3 Å². The zero-order valence-electron chi connectivity index (χ0n) is 14.1. The number of rotatable bonds is 6. The van der Waals surface area contributed by atoms with Crippen LogP contribution in [0.4, 0.5) is 10.8 Å². The Bertz CT molecular complexity index is 989. The summed E-state index contributed by atoms with van der Waals surface area (Å²) in [4.78, 5) is 26.6. The van der Waals surface area contributed by atoms with Crippen LogP contribution in [0.1, 0.15) is 5.56 Å². The van der Waals surface area contributed by atoms with Gasteiger partial charge in [-0.05, 0) is 42.8 Å². The summed E-state index contributed by atoms with van der Waals surface area (Å²) in [6.45, 7) is 1.81. The van der Waals surface area contributed by atoms with E-state index in [1.54, 1.807) is 23.6 Å². The van der Waals surface area contributed by atoms with E-state index < -0.39 is 4.92 Å². The Balaban J connectivity index is 1.58. The maximum Gasteiger partial charge on any atom is 0.269 e. The van der Waals surface area contributed by atoms with Crippen molar-refractivity contribution in [2.45, 2.75) is 6.92 Å². The first-order chi connectivity index (χ1) is 12.9. The number of hydrogen-bond donors (Lipinski definition) is 1. The lowest BCUT2D eigenvalue weighted by Crippen LogP contribution is -2.20. The van der Waals surface area contributed by atoms with Gasteiger partial charge in [0.05, 0.1) is 10.6 Å².